The molecule has 18 heavy (non-hydrogen) atoms. The number of methoxy groups -OCH3 is 1. The predicted molar refractivity (Wildman–Crippen MR) is 70.4 cm³/mol. The first kappa shape index (κ1) is 13.3. The van der Waals surface area contributed by atoms with Gasteiger partial charge in [-0.3, -0.25) is 0 Å². The van der Waals surface area contributed by atoms with Gasteiger partial charge in [-0.05, 0) is 37.6 Å². The Morgan fingerprint density at radius 1 is 1.50 bits per heavy atom. The molecular weight excluding hydrogens is 231 g/mol. The summed E-state index contributed by atoms with van der Waals surface area (Å²) in [4.78, 5) is 0. The zero-order chi connectivity index (χ0) is 13.0. The predicted octanol–water partition coefficient (Wildman–Crippen LogP) is 2.02. The Labute approximate surface area is 108 Å². The summed E-state index contributed by atoms with van der Waals surface area (Å²) in [7, 11) is 1.61. The van der Waals surface area contributed by atoms with Crippen molar-refractivity contribution in [3.05, 3.63) is 29.6 Å². The molecule has 1 saturated heterocycles. The smallest absolute Gasteiger partial charge is 0.123 e. The van der Waals surface area contributed by atoms with E-state index in [1.54, 1.807) is 19.2 Å². The van der Waals surface area contributed by atoms with Crippen molar-refractivity contribution in [3.8, 4) is 5.75 Å². The van der Waals surface area contributed by atoms with Crippen LogP contribution in [0.5, 0.6) is 5.75 Å². The van der Waals surface area contributed by atoms with Crippen LogP contribution in [0.4, 0.5) is 4.39 Å². The van der Waals surface area contributed by atoms with Gasteiger partial charge in [0.1, 0.15) is 11.6 Å². The van der Waals surface area contributed by atoms with Crippen LogP contribution in [0.25, 0.3) is 0 Å². The van der Waals surface area contributed by atoms with Crippen molar-refractivity contribution in [3.63, 3.8) is 0 Å². The van der Waals surface area contributed by atoms with Crippen LogP contribution < -0.4 is 15.8 Å². The van der Waals surface area contributed by atoms with Gasteiger partial charge in [0.05, 0.1) is 7.11 Å². The number of nitrogens with two attached hydrogens (primary N) is 1. The maximum absolute atomic E-state index is 13.4. The first-order chi connectivity index (χ1) is 8.76. The molecule has 3 nitrogen and oxygen atoms in total. The lowest BCUT2D eigenvalue weighted by molar-refractivity contribution is 0.340. The second-order valence-corrected chi connectivity index (χ2v) is 4.78. The number of rotatable bonds is 4. The highest BCUT2D eigenvalue weighted by Gasteiger charge is 2.26. The Morgan fingerprint density at radius 3 is 2.94 bits per heavy atom. The van der Waals surface area contributed by atoms with Gasteiger partial charge in [-0.1, -0.05) is 6.42 Å². The van der Waals surface area contributed by atoms with E-state index >= 15 is 0 Å². The maximum Gasteiger partial charge on any atom is 0.123 e. The van der Waals surface area contributed by atoms with Crippen molar-refractivity contribution < 1.29 is 9.13 Å². The first-order valence-corrected chi connectivity index (χ1v) is 6.53. The van der Waals surface area contributed by atoms with Crippen LogP contribution in [0, 0.1) is 5.82 Å². The molecule has 2 atom stereocenters. The van der Waals surface area contributed by atoms with E-state index in [9.17, 15) is 4.39 Å². The normalized spacial score (nSPS) is 21.6. The van der Waals surface area contributed by atoms with Gasteiger partial charge in [0.2, 0.25) is 0 Å². The fourth-order valence-electron chi connectivity index (χ4n) is 2.73. The molecule has 4 heteroatoms. The van der Waals surface area contributed by atoms with E-state index < -0.39 is 0 Å². The zero-order valence-electron chi connectivity index (χ0n) is 10.8. The Morgan fingerprint density at radius 2 is 2.33 bits per heavy atom. The molecule has 3 N–H and O–H groups in total. The Hall–Kier alpha value is -1.13. The SMILES string of the molecule is COc1ccc(F)cc1C(CN)C1CCCCN1. The number of halogens is 1. The summed E-state index contributed by atoms with van der Waals surface area (Å²) in [6.45, 7) is 1.51. The van der Waals surface area contributed by atoms with Crippen molar-refractivity contribution in [2.45, 2.75) is 31.2 Å². The minimum absolute atomic E-state index is 0.107. The molecule has 1 aromatic carbocycles. The summed E-state index contributed by atoms with van der Waals surface area (Å²) >= 11 is 0. The lowest BCUT2D eigenvalue weighted by Gasteiger charge is -2.31. The second kappa shape index (κ2) is 6.16. The number of piperidine rings is 1. The fourth-order valence-corrected chi connectivity index (χ4v) is 2.73. The van der Waals surface area contributed by atoms with Crippen LogP contribution in [0.2, 0.25) is 0 Å². The van der Waals surface area contributed by atoms with Crippen molar-refractivity contribution in [2.75, 3.05) is 20.2 Å². The third-order valence-electron chi connectivity index (χ3n) is 3.68. The molecule has 0 aromatic heterocycles. The quantitative estimate of drug-likeness (QED) is 0.862. The third-order valence-corrected chi connectivity index (χ3v) is 3.68. The number of nitrogens with one attached hydrogen (secondary N) is 1. The van der Waals surface area contributed by atoms with E-state index in [-0.39, 0.29) is 11.7 Å². The average Bonchev–Trinajstić information content (AvgIpc) is 2.41. The van der Waals surface area contributed by atoms with E-state index in [0.717, 1.165) is 24.3 Å². The van der Waals surface area contributed by atoms with E-state index in [1.165, 1.54) is 18.9 Å². The van der Waals surface area contributed by atoms with Gasteiger partial charge in [-0.2, -0.15) is 0 Å². The Bertz CT molecular complexity index is 391. The van der Waals surface area contributed by atoms with Gasteiger partial charge < -0.3 is 15.8 Å². The highest BCUT2D eigenvalue weighted by atomic mass is 19.1. The van der Waals surface area contributed by atoms with Gasteiger partial charge in [0.25, 0.3) is 0 Å². The molecule has 0 aliphatic carbocycles. The van der Waals surface area contributed by atoms with Crippen molar-refractivity contribution in [2.24, 2.45) is 5.73 Å². The second-order valence-electron chi connectivity index (χ2n) is 4.78. The van der Waals surface area contributed by atoms with Crippen LogP contribution in [0.15, 0.2) is 18.2 Å². The molecule has 1 heterocycles. The van der Waals surface area contributed by atoms with Gasteiger partial charge >= 0.3 is 0 Å². The van der Waals surface area contributed by atoms with Crippen molar-refractivity contribution >= 4 is 0 Å². The maximum atomic E-state index is 13.4. The molecule has 1 aromatic rings. The average molecular weight is 252 g/mol. The van der Waals surface area contributed by atoms with Gasteiger partial charge in [0, 0.05) is 24.1 Å². The molecule has 1 aliphatic heterocycles. The summed E-state index contributed by atoms with van der Waals surface area (Å²) in [5, 5.41) is 3.48. The summed E-state index contributed by atoms with van der Waals surface area (Å²) in [5.74, 6) is 0.593. The lowest BCUT2D eigenvalue weighted by atomic mass is 9.86. The zero-order valence-corrected chi connectivity index (χ0v) is 10.8. The van der Waals surface area contributed by atoms with Crippen LogP contribution >= 0.6 is 0 Å². The largest absolute Gasteiger partial charge is 0.496 e. The molecular formula is C14H21FN2O. The number of ether oxygens (including phenoxy) is 1. The highest BCUT2D eigenvalue weighted by Crippen LogP contribution is 2.31. The Balaban J connectivity index is 2.27. The van der Waals surface area contributed by atoms with Gasteiger partial charge in [-0.25, -0.2) is 4.39 Å². The van der Waals surface area contributed by atoms with E-state index in [1.807, 2.05) is 0 Å². The monoisotopic (exact) mass is 252 g/mol. The van der Waals surface area contributed by atoms with Crippen LogP contribution in [-0.4, -0.2) is 26.2 Å². The number of hydrogen-bond donors (Lipinski definition) is 2. The van der Waals surface area contributed by atoms with E-state index in [0.29, 0.717) is 12.6 Å². The number of benzene rings is 1. The standard InChI is InChI=1S/C14H21FN2O/c1-18-14-6-5-10(15)8-11(14)12(9-16)13-4-2-3-7-17-13/h5-6,8,12-13,17H,2-4,7,9,16H2,1H3. The van der Waals surface area contributed by atoms with Crippen molar-refractivity contribution in [1.29, 1.82) is 0 Å². The molecule has 0 amide bonds. The minimum Gasteiger partial charge on any atom is -0.496 e. The summed E-state index contributed by atoms with van der Waals surface area (Å²) in [6.07, 6.45) is 3.49. The molecule has 2 rings (SSSR count). The van der Waals surface area contributed by atoms with Crippen LogP contribution in [0.1, 0.15) is 30.7 Å². The molecule has 1 fully saturated rings. The topological polar surface area (TPSA) is 47.3 Å². The molecule has 0 saturated carbocycles. The summed E-state index contributed by atoms with van der Waals surface area (Å²) < 4.78 is 18.8. The molecule has 1 aliphatic rings. The molecule has 0 radical (unpaired) electrons. The van der Waals surface area contributed by atoms with Gasteiger partial charge in [0.15, 0.2) is 0 Å². The molecule has 0 bridgehead atoms. The minimum atomic E-state index is -0.236. The van der Waals surface area contributed by atoms with Gasteiger partial charge in [-0.15, -0.1) is 0 Å². The van der Waals surface area contributed by atoms with E-state index in [2.05, 4.69) is 5.32 Å². The van der Waals surface area contributed by atoms with E-state index in [4.69, 9.17) is 10.5 Å². The van der Waals surface area contributed by atoms with Crippen molar-refractivity contribution in [1.82, 2.24) is 5.32 Å². The lowest BCUT2D eigenvalue weighted by Crippen LogP contribution is -2.41. The molecule has 2 unspecified atom stereocenters. The summed E-state index contributed by atoms with van der Waals surface area (Å²) in [5.41, 5.74) is 6.77. The fraction of sp³-hybridized carbons (Fsp3) is 0.571. The number of hydrogen-bond acceptors (Lipinski definition) is 3. The van der Waals surface area contributed by atoms with Crippen LogP contribution in [0.3, 0.4) is 0 Å². The highest BCUT2D eigenvalue weighted by molar-refractivity contribution is 5.38. The Kier molecular flexibility index (Phi) is 4.55. The third kappa shape index (κ3) is 2.82. The van der Waals surface area contributed by atoms with Crippen LogP contribution in [-0.2, 0) is 0 Å². The molecule has 100 valence electrons. The summed E-state index contributed by atoms with van der Waals surface area (Å²) in [6, 6.07) is 4.96. The molecule has 0 spiro atoms. The first-order valence-electron chi connectivity index (χ1n) is 6.53.